The van der Waals surface area contributed by atoms with Crippen molar-refractivity contribution in [2.24, 2.45) is 4.99 Å². The molecule has 0 atom stereocenters. The van der Waals surface area contributed by atoms with E-state index < -0.39 is 0 Å². The molecular formula is C18H26N8S. The number of nitrogens with one attached hydrogen (secondary N) is 4. The number of hydrogen-bond acceptors (Lipinski definition) is 5. The molecule has 1 fully saturated rings. The molecule has 144 valence electrons. The third kappa shape index (κ3) is 6.28. The minimum Gasteiger partial charge on any atom is -0.360 e. The van der Waals surface area contributed by atoms with Crippen molar-refractivity contribution in [1.82, 2.24) is 30.6 Å². The average Bonchev–Trinajstić information content (AvgIpc) is 3.27. The highest BCUT2D eigenvalue weighted by Gasteiger charge is 2.16. The number of guanidine groups is 1. The van der Waals surface area contributed by atoms with Crippen LogP contribution >= 0.6 is 12.2 Å². The third-order valence-electron chi connectivity index (χ3n) is 4.34. The summed E-state index contributed by atoms with van der Waals surface area (Å²) in [7, 11) is 0. The summed E-state index contributed by atoms with van der Waals surface area (Å²) in [5.41, 5.74) is 2.83. The monoisotopic (exact) mass is 386 g/mol. The van der Waals surface area contributed by atoms with Gasteiger partial charge < -0.3 is 15.6 Å². The maximum atomic E-state index is 5.46. The van der Waals surface area contributed by atoms with Gasteiger partial charge in [-0.3, -0.25) is 10.3 Å². The van der Waals surface area contributed by atoms with Crippen molar-refractivity contribution >= 4 is 29.2 Å². The number of hydrogen-bond donors (Lipinski definition) is 4. The predicted octanol–water partition coefficient (Wildman–Crippen LogP) is 2.23. The molecule has 0 spiro atoms. The first-order valence-corrected chi connectivity index (χ1v) is 9.68. The first-order valence-electron chi connectivity index (χ1n) is 9.27. The number of aromatic amines is 1. The van der Waals surface area contributed by atoms with Crippen LogP contribution in [0.25, 0.3) is 0 Å². The highest BCUT2D eigenvalue weighted by Crippen LogP contribution is 2.17. The molecule has 2 heterocycles. The van der Waals surface area contributed by atoms with Gasteiger partial charge in [0.2, 0.25) is 11.9 Å². The van der Waals surface area contributed by atoms with Crippen LogP contribution in [0.1, 0.15) is 42.8 Å². The van der Waals surface area contributed by atoms with E-state index in [1.807, 2.05) is 19.9 Å². The average molecular weight is 387 g/mol. The van der Waals surface area contributed by atoms with Gasteiger partial charge in [0, 0.05) is 42.3 Å². The zero-order valence-corrected chi connectivity index (χ0v) is 16.6. The summed E-state index contributed by atoms with van der Waals surface area (Å²) in [4.78, 5) is 20.6. The van der Waals surface area contributed by atoms with Gasteiger partial charge in [-0.05, 0) is 45.0 Å². The number of rotatable bonds is 5. The number of H-pyrrole nitrogens is 1. The Kier molecular flexibility index (Phi) is 6.69. The van der Waals surface area contributed by atoms with Gasteiger partial charge in [0.15, 0.2) is 5.11 Å². The van der Waals surface area contributed by atoms with Gasteiger partial charge in [0.1, 0.15) is 0 Å². The number of nitrogens with zero attached hydrogens (tertiary/aromatic N) is 4. The van der Waals surface area contributed by atoms with Crippen LogP contribution in [-0.4, -0.2) is 43.6 Å². The lowest BCUT2D eigenvalue weighted by molar-refractivity contribution is 0.629. The number of aliphatic imine (C=N–C) groups is 1. The molecule has 2 aromatic heterocycles. The zero-order valence-electron chi connectivity index (χ0n) is 15.7. The number of anilines is 1. The minimum atomic E-state index is 0.439. The first-order chi connectivity index (χ1) is 13.1. The van der Waals surface area contributed by atoms with Gasteiger partial charge >= 0.3 is 0 Å². The first kappa shape index (κ1) is 19.2. The van der Waals surface area contributed by atoms with Crippen LogP contribution < -0.4 is 16.0 Å². The third-order valence-corrected chi connectivity index (χ3v) is 4.56. The Labute approximate surface area is 164 Å². The molecule has 4 N–H and O–H groups in total. The Balaban J connectivity index is 1.65. The van der Waals surface area contributed by atoms with E-state index in [2.05, 4.69) is 40.9 Å². The van der Waals surface area contributed by atoms with Crippen LogP contribution in [0.4, 0.5) is 5.95 Å². The van der Waals surface area contributed by atoms with Gasteiger partial charge in [-0.25, -0.2) is 15.0 Å². The zero-order chi connectivity index (χ0) is 19.1. The quantitative estimate of drug-likeness (QED) is 0.355. The van der Waals surface area contributed by atoms with Gasteiger partial charge in [0.25, 0.3) is 0 Å². The van der Waals surface area contributed by atoms with Crippen molar-refractivity contribution in [2.45, 2.75) is 52.0 Å². The largest absolute Gasteiger partial charge is 0.360 e. The van der Waals surface area contributed by atoms with Crippen molar-refractivity contribution in [1.29, 1.82) is 0 Å². The summed E-state index contributed by atoms with van der Waals surface area (Å²) < 4.78 is 0. The van der Waals surface area contributed by atoms with E-state index in [9.17, 15) is 0 Å². The highest BCUT2D eigenvalue weighted by molar-refractivity contribution is 7.80. The molecule has 0 radical (unpaired) electrons. The van der Waals surface area contributed by atoms with Crippen LogP contribution in [0.2, 0.25) is 0 Å². The van der Waals surface area contributed by atoms with E-state index in [0.717, 1.165) is 36.3 Å². The molecule has 8 nitrogen and oxygen atoms in total. The van der Waals surface area contributed by atoms with Gasteiger partial charge in [-0.2, -0.15) is 0 Å². The molecule has 1 aliphatic carbocycles. The lowest BCUT2D eigenvalue weighted by Crippen LogP contribution is -2.46. The standard InChI is InChI=1S/C18H26N8S/c1-12-9-13(2)23-17(22-12)25-16(20-8-7-15-10-19-11-21-15)26-18(27)24-14-5-3-4-6-14/h9-11,14H,3-8H2,1-2H3,(H,19,21)(H3,20,22,23,24,25,26,27). The Morgan fingerprint density at radius 1 is 1.26 bits per heavy atom. The Bertz CT molecular complexity index is 760. The van der Waals surface area contributed by atoms with Crippen LogP contribution in [0.5, 0.6) is 0 Å². The summed E-state index contributed by atoms with van der Waals surface area (Å²) in [5.74, 6) is 1.04. The second kappa shape index (κ2) is 9.40. The number of aromatic nitrogens is 4. The molecule has 9 heteroatoms. The molecule has 0 bridgehead atoms. The van der Waals surface area contributed by atoms with Crippen molar-refractivity contribution in [3.8, 4) is 0 Å². The summed E-state index contributed by atoms with van der Waals surface area (Å²) in [6.07, 6.45) is 9.03. The van der Waals surface area contributed by atoms with E-state index in [1.165, 1.54) is 12.8 Å². The molecule has 0 aliphatic heterocycles. The molecule has 2 aromatic rings. The molecule has 0 amide bonds. The van der Waals surface area contributed by atoms with Crippen molar-refractivity contribution in [3.63, 3.8) is 0 Å². The lowest BCUT2D eigenvalue weighted by Gasteiger charge is -2.17. The Hall–Kier alpha value is -2.55. The fraction of sp³-hybridized carbons (Fsp3) is 0.500. The van der Waals surface area contributed by atoms with Crippen molar-refractivity contribution in [3.05, 3.63) is 35.7 Å². The normalized spacial score (nSPS) is 15.0. The van der Waals surface area contributed by atoms with Crippen LogP contribution in [0.15, 0.2) is 23.6 Å². The number of aryl methyl sites for hydroxylation is 2. The minimum absolute atomic E-state index is 0.439. The molecule has 0 saturated heterocycles. The van der Waals surface area contributed by atoms with E-state index in [1.54, 1.807) is 12.5 Å². The predicted molar refractivity (Wildman–Crippen MR) is 111 cm³/mol. The SMILES string of the molecule is Cc1cc(C)nc(NC(=NCCc2cnc[nH]2)NC(=S)NC2CCCC2)n1. The fourth-order valence-electron chi connectivity index (χ4n) is 3.11. The van der Waals surface area contributed by atoms with Crippen LogP contribution in [0, 0.1) is 13.8 Å². The Morgan fingerprint density at radius 2 is 2.00 bits per heavy atom. The number of thiocarbonyl (C=S) groups is 1. The molecule has 3 rings (SSSR count). The van der Waals surface area contributed by atoms with Crippen LogP contribution in [-0.2, 0) is 6.42 Å². The van der Waals surface area contributed by atoms with Gasteiger partial charge in [-0.15, -0.1) is 0 Å². The highest BCUT2D eigenvalue weighted by atomic mass is 32.1. The van der Waals surface area contributed by atoms with E-state index >= 15 is 0 Å². The van der Waals surface area contributed by atoms with Crippen molar-refractivity contribution < 1.29 is 0 Å². The maximum Gasteiger partial charge on any atom is 0.229 e. The van der Waals surface area contributed by atoms with Crippen LogP contribution in [0.3, 0.4) is 0 Å². The summed E-state index contributed by atoms with van der Waals surface area (Å²) in [6, 6.07) is 2.37. The molecule has 0 unspecified atom stereocenters. The second-order valence-corrected chi connectivity index (χ2v) is 7.14. The van der Waals surface area contributed by atoms with Crippen molar-refractivity contribution in [2.75, 3.05) is 11.9 Å². The molecule has 27 heavy (non-hydrogen) atoms. The van der Waals surface area contributed by atoms with Gasteiger partial charge in [-0.1, -0.05) is 12.8 Å². The van der Waals surface area contributed by atoms with E-state index in [4.69, 9.17) is 12.2 Å². The number of imidazole rings is 1. The molecule has 1 saturated carbocycles. The molecule has 0 aromatic carbocycles. The fourth-order valence-corrected chi connectivity index (χ4v) is 3.37. The van der Waals surface area contributed by atoms with E-state index in [0.29, 0.717) is 29.6 Å². The second-order valence-electron chi connectivity index (χ2n) is 6.74. The van der Waals surface area contributed by atoms with Gasteiger partial charge in [0.05, 0.1) is 6.33 Å². The summed E-state index contributed by atoms with van der Waals surface area (Å²) >= 11 is 5.46. The summed E-state index contributed by atoms with van der Waals surface area (Å²) in [6.45, 7) is 4.46. The maximum absolute atomic E-state index is 5.46. The topological polar surface area (TPSA) is 103 Å². The lowest BCUT2D eigenvalue weighted by atomic mass is 10.3. The Morgan fingerprint density at radius 3 is 2.67 bits per heavy atom. The smallest absolute Gasteiger partial charge is 0.229 e. The molecule has 1 aliphatic rings. The molecular weight excluding hydrogens is 360 g/mol. The van der Waals surface area contributed by atoms with E-state index in [-0.39, 0.29) is 0 Å². The summed E-state index contributed by atoms with van der Waals surface area (Å²) in [5, 5.41) is 10.3.